The Morgan fingerprint density at radius 3 is 1.77 bits per heavy atom. The van der Waals surface area contributed by atoms with Gasteiger partial charge in [-0.15, -0.1) is 34.6 Å². The Labute approximate surface area is 349 Å². The number of nitrogens with zero attached hydrogens (tertiary/aromatic N) is 5. The van der Waals surface area contributed by atoms with Gasteiger partial charge in [-0.3, -0.25) is 0 Å². The van der Waals surface area contributed by atoms with Crippen LogP contribution in [-0.2, 0) is 26.5 Å². The normalized spacial score (nSPS) is 26.5. The van der Waals surface area contributed by atoms with Gasteiger partial charge in [0.15, 0.2) is 0 Å². The van der Waals surface area contributed by atoms with E-state index in [1.807, 2.05) is 0 Å². The average Bonchev–Trinajstić information content (AvgIpc) is 3.82. The van der Waals surface area contributed by atoms with Crippen LogP contribution >= 0.6 is 0 Å². The summed E-state index contributed by atoms with van der Waals surface area (Å²) in [6.45, 7) is 21.1. The van der Waals surface area contributed by atoms with Crippen molar-refractivity contribution in [1.29, 1.82) is 0 Å². The first-order chi connectivity index (χ1) is 26.6. The fourth-order valence-electron chi connectivity index (χ4n) is 10.7. The summed E-state index contributed by atoms with van der Waals surface area (Å²) >= 11 is 0. The van der Waals surface area contributed by atoms with Crippen LogP contribution in [-0.4, -0.2) is 26.5 Å². The zero-order chi connectivity index (χ0) is 37.7. The molecule has 4 heterocycles. The Balaban J connectivity index is 0.00000410. The standard InChI is InChI=1S/C50H55N5.Pt/c1-32-18-22-39(23-19-32)51-30-53(36(5)34(51)3)41-13-10-12-38(28-41)50(7)45-16-11-15-44-43-14-8-9-17-47(43)55(49(44)45)48-27-26-42(29-46(48)50)54-31-52(35(4)37(54)6)40-24-20-33(2)21-25-40;/h8-17,26-27,30-33,39-40H,18-25H2,1-7H3;/q-4;+4. The van der Waals surface area contributed by atoms with Crippen LogP contribution in [0.3, 0.4) is 0 Å². The van der Waals surface area contributed by atoms with Crippen LogP contribution in [0.4, 0.5) is 11.4 Å². The summed E-state index contributed by atoms with van der Waals surface area (Å²) in [5.41, 5.74) is 14.3. The van der Waals surface area contributed by atoms with Gasteiger partial charge in [0.2, 0.25) is 0 Å². The van der Waals surface area contributed by atoms with Crippen LogP contribution in [0.5, 0.6) is 0 Å². The van der Waals surface area contributed by atoms with Crippen molar-refractivity contribution in [3.05, 3.63) is 138 Å². The second kappa shape index (κ2) is 14.2. The topological polar surface area (TPSA) is 17.9 Å². The number of benzene rings is 4. The minimum absolute atomic E-state index is 0. The van der Waals surface area contributed by atoms with E-state index in [0.717, 1.165) is 23.2 Å². The molecule has 1 atom stereocenters. The molecular weight excluding hydrogens is 866 g/mol. The molecule has 4 aromatic carbocycles. The minimum atomic E-state index is -0.512. The maximum absolute atomic E-state index is 4.13. The Morgan fingerprint density at radius 2 is 1.14 bits per heavy atom. The molecule has 5 aromatic rings. The van der Waals surface area contributed by atoms with Crippen molar-refractivity contribution in [2.45, 2.75) is 117 Å². The molecule has 2 saturated carbocycles. The number of para-hydroxylation sites is 2. The average molecular weight is 921 g/mol. The predicted molar refractivity (Wildman–Crippen MR) is 227 cm³/mol. The van der Waals surface area contributed by atoms with Gasteiger partial charge in [-0.25, -0.2) is 0 Å². The van der Waals surface area contributed by atoms with E-state index in [1.54, 1.807) is 0 Å². The number of anilines is 2. The second-order valence-electron chi connectivity index (χ2n) is 17.7. The molecule has 3 aliphatic heterocycles. The molecule has 290 valence electrons. The molecule has 0 saturated heterocycles. The van der Waals surface area contributed by atoms with Gasteiger partial charge in [-0.2, -0.15) is 43.7 Å². The van der Waals surface area contributed by atoms with Crippen molar-refractivity contribution in [3.63, 3.8) is 0 Å². The fourth-order valence-corrected chi connectivity index (χ4v) is 10.7. The third-order valence-corrected chi connectivity index (χ3v) is 14.5. The van der Waals surface area contributed by atoms with Gasteiger partial charge < -0.3 is 24.2 Å². The Hall–Kier alpha value is -3.95. The first-order valence-corrected chi connectivity index (χ1v) is 21.0. The smallest absolute Gasteiger partial charge is 0.503 e. The second-order valence-corrected chi connectivity index (χ2v) is 17.7. The van der Waals surface area contributed by atoms with Gasteiger partial charge in [-0.05, 0) is 114 Å². The summed E-state index contributed by atoms with van der Waals surface area (Å²) in [6, 6.07) is 36.6. The number of fused-ring (bicyclic) bond motifs is 5. The zero-order valence-corrected chi connectivity index (χ0v) is 36.4. The van der Waals surface area contributed by atoms with E-state index in [0.29, 0.717) is 12.1 Å². The van der Waals surface area contributed by atoms with E-state index < -0.39 is 5.41 Å². The van der Waals surface area contributed by atoms with E-state index in [9.17, 15) is 0 Å². The van der Waals surface area contributed by atoms with E-state index in [-0.39, 0.29) is 21.1 Å². The van der Waals surface area contributed by atoms with Crippen LogP contribution in [0, 0.1) is 37.3 Å². The number of hydrogen-bond acceptors (Lipinski definition) is 4. The zero-order valence-electron chi connectivity index (χ0n) is 34.1. The Morgan fingerprint density at radius 1 is 0.589 bits per heavy atom. The van der Waals surface area contributed by atoms with Crippen LogP contribution in [0.25, 0.3) is 27.5 Å². The molecule has 6 heteroatoms. The molecule has 0 radical (unpaired) electrons. The summed E-state index contributed by atoms with van der Waals surface area (Å²) < 4.78 is 2.51. The largest absolute Gasteiger partial charge is 4.00 e. The molecule has 1 unspecified atom stereocenters. The first-order valence-electron chi connectivity index (χ1n) is 21.0. The summed E-state index contributed by atoms with van der Waals surface area (Å²) in [6.07, 6.45) is 10.2. The van der Waals surface area contributed by atoms with Crippen LogP contribution in [0.15, 0.2) is 95.6 Å². The molecule has 0 N–H and O–H groups in total. The van der Waals surface area contributed by atoms with Crippen LogP contribution < -0.4 is 9.80 Å². The van der Waals surface area contributed by atoms with Gasteiger partial charge in [-0.1, -0.05) is 62.9 Å². The van der Waals surface area contributed by atoms with Crippen molar-refractivity contribution in [3.8, 4) is 5.69 Å². The van der Waals surface area contributed by atoms with Gasteiger partial charge >= 0.3 is 21.1 Å². The van der Waals surface area contributed by atoms with Crippen molar-refractivity contribution >= 4 is 33.2 Å². The first kappa shape index (κ1) is 37.6. The van der Waals surface area contributed by atoms with Crippen LogP contribution in [0.1, 0.15) is 117 Å². The third kappa shape index (κ3) is 5.64. The molecule has 2 aliphatic carbocycles. The summed E-state index contributed by atoms with van der Waals surface area (Å²) in [5, 5.41) is 2.58. The summed E-state index contributed by atoms with van der Waals surface area (Å²) in [4.78, 5) is 9.90. The fraction of sp³-hybridized carbons (Fsp3) is 0.400. The minimum Gasteiger partial charge on any atom is -0.503 e. The maximum atomic E-state index is 4.13. The number of hydrogen-bond donors (Lipinski definition) is 0. The maximum Gasteiger partial charge on any atom is 4.00 e. The SMILES string of the molecule is CC1=C(C)N(C2CCC(C)CC2)[CH-]N1c1[c-]c(C2(C)c3[c-]c(N4[CH-]N(C5CCC(C)CC5)C(C)=C4C)ccc3-n3c4ccccc4c4cccc2c43)ccc1.[Pt+4]. The molecule has 1 aromatic heterocycles. The van der Waals surface area contributed by atoms with Gasteiger partial charge in [0.05, 0.1) is 0 Å². The Bertz CT molecular complexity index is 2390. The van der Waals surface area contributed by atoms with E-state index >= 15 is 0 Å². The number of rotatable bonds is 5. The quantitative estimate of drug-likeness (QED) is 0.163. The van der Waals surface area contributed by atoms with Crippen molar-refractivity contribution in [1.82, 2.24) is 14.4 Å². The summed E-state index contributed by atoms with van der Waals surface area (Å²) in [5.74, 6) is 1.66. The number of allylic oxidation sites excluding steroid dienone is 4. The molecule has 5 nitrogen and oxygen atoms in total. The molecule has 0 amide bonds. The van der Waals surface area contributed by atoms with Gasteiger partial charge in [0.1, 0.15) is 0 Å². The third-order valence-electron chi connectivity index (χ3n) is 14.5. The molecular formula is C50H55N5Pt. The van der Waals surface area contributed by atoms with E-state index in [1.165, 1.54) is 118 Å². The molecule has 56 heavy (non-hydrogen) atoms. The van der Waals surface area contributed by atoms with Gasteiger partial charge in [0, 0.05) is 50.7 Å². The molecule has 0 bridgehead atoms. The predicted octanol–water partition coefficient (Wildman–Crippen LogP) is 12.2. The molecule has 2 fully saturated rings. The van der Waals surface area contributed by atoms with E-state index in [2.05, 4.69) is 171 Å². The summed E-state index contributed by atoms with van der Waals surface area (Å²) in [7, 11) is 0. The van der Waals surface area contributed by atoms with Crippen molar-refractivity contribution in [2.75, 3.05) is 9.80 Å². The van der Waals surface area contributed by atoms with Gasteiger partial charge in [0.25, 0.3) is 0 Å². The molecule has 5 aliphatic rings. The number of aromatic nitrogens is 1. The molecule has 10 rings (SSSR count). The Kier molecular flexibility index (Phi) is 9.51. The van der Waals surface area contributed by atoms with Crippen molar-refractivity contribution in [2.24, 2.45) is 11.8 Å². The monoisotopic (exact) mass is 920 g/mol. The van der Waals surface area contributed by atoms with Crippen LogP contribution in [0.2, 0.25) is 0 Å². The molecule has 0 spiro atoms. The van der Waals surface area contributed by atoms with E-state index in [4.69, 9.17) is 0 Å². The van der Waals surface area contributed by atoms with Crippen molar-refractivity contribution < 1.29 is 21.1 Å².